The van der Waals surface area contributed by atoms with Gasteiger partial charge < -0.3 is 14.8 Å². The van der Waals surface area contributed by atoms with E-state index in [1.54, 1.807) is 0 Å². The van der Waals surface area contributed by atoms with Crippen molar-refractivity contribution in [3.8, 4) is 0 Å². The number of amides is 1. The second kappa shape index (κ2) is 5.57. The molecule has 2 rings (SSSR count). The number of carbonyl (C=O) groups excluding carboxylic acids is 1. The molecular weight excluding hydrogens is 293 g/mol. The molecule has 0 aromatic heterocycles. The van der Waals surface area contributed by atoms with Gasteiger partial charge in [0.1, 0.15) is 5.82 Å². The van der Waals surface area contributed by atoms with Crippen molar-refractivity contribution in [2.45, 2.75) is 6.10 Å². The highest BCUT2D eigenvalue weighted by atomic mass is 79.9. The van der Waals surface area contributed by atoms with E-state index in [-0.39, 0.29) is 18.3 Å². The first-order valence-electron chi connectivity index (χ1n) is 5.12. The summed E-state index contributed by atoms with van der Waals surface area (Å²) in [5.41, 5.74) is 0.512. The first kappa shape index (κ1) is 12.5. The number of rotatable bonds is 2. The first-order chi connectivity index (χ1) is 8.16. The number of ether oxygens (including phenoxy) is 2. The molecule has 0 radical (unpaired) electrons. The van der Waals surface area contributed by atoms with Crippen LogP contribution in [0.5, 0.6) is 0 Å². The molecule has 0 aliphatic carbocycles. The van der Waals surface area contributed by atoms with Crippen LogP contribution in [-0.2, 0) is 14.3 Å². The molecule has 4 nitrogen and oxygen atoms in total. The molecule has 1 aromatic carbocycles. The summed E-state index contributed by atoms with van der Waals surface area (Å²) in [5.74, 6) is -0.663. The second-order valence-electron chi connectivity index (χ2n) is 3.55. The molecule has 0 saturated carbocycles. The normalized spacial score (nSPS) is 20.0. The lowest BCUT2D eigenvalue weighted by atomic mass is 10.2. The van der Waals surface area contributed by atoms with E-state index in [9.17, 15) is 9.18 Å². The number of hydrogen-bond donors (Lipinski definition) is 1. The summed E-state index contributed by atoms with van der Waals surface area (Å²) in [6, 6.07) is 4.26. The molecule has 1 aliphatic heterocycles. The van der Waals surface area contributed by atoms with Gasteiger partial charge in [0.15, 0.2) is 6.10 Å². The number of carbonyl (C=O) groups is 1. The van der Waals surface area contributed by atoms with Gasteiger partial charge in [0, 0.05) is 5.69 Å². The van der Waals surface area contributed by atoms with Gasteiger partial charge in [0.05, 0.1) is 24.3 Å². The molecule has 1 N–H and O–H groups in total. The van der Waals surface area contributed by atoms with Gasteiger partial charge in [-0.25, -0.2) is 4.39 Å². The molecule has 1 saturated heterocycles. The topological polar surface area (TPSA) is 47.6 Å². The fourth-order valence-corrected chi connectivity index (χ4v) is 1.81. The Morgan fingerprint density at radius 3 is 2.94 bits per heavy atom. The molecule has 1 fully saturated rings. The summed E-state index contributed by atoms with van der Waals surface area (Å²) in [7, 11) is 0. The molecule has 0 bridgehead atoms. The lowest BCUT2D eigenvalue weighted by Crippen LogP contribution is -2.39. The van der Waals surface area contributed by atoms with E-state index in [1.165, 1.54) is 18.2 Å². The van der Waals surface area contributed by atoms with Gasteiger partial charge in [-0.05, 0) is 34.1 Å². The van der Waals surface area contributed by atoms with Crippen molar-refractivity contribution in [2.24, 2.45) is 0 Å². The zero-order chi connectivity index (χ0) is 12.3. The van der Waals surface area contributed by atoms with Crippen molar-refractivity contribution < 1.29 is 18.7 Å². The SMILES string of the molecule is O=C(Nc1ccc(F)c(Br)c1)C1COCCO1. The van der Waals surface area contributed by atoms with Crippen LogP contribution in [0.3, 0.4) is 0 Å². The van der Waals surface area contributed by atoms with Crippen molar-refractivity contribution in [2.75, 3.05) is 25.1 Å². The fourth-order valence-electron chi connectivity index (χ4n) is 1.44. The highest BCUT2D eigenvalue weighted by molar-refractivity contribution is 9.10. The van der Waals surface area contributed by atoms with Gasteiger partial charge in [-0.2, -0.15) is 0 Å². The Kier molecular flexibility index (Phi) is 4.09. The van der Waals surface area contributed by atoms with Crippen LogP contribution in [0.1, 0.15) is 0 Å². The summed E-state index contributed by atoms with van der Waals surface area (Å²) in [6.07, 6.45) is -0.604. The highest BCUT2D eigenvalue weighted by Gasteiger charge is 2.22. The summed E-state index contributed by atoms with van der Waals surface area (Å²) >= 11 is 3.05. The summed E-state index contributed by atoms with van der Waals surface area (Å²) in [4.78, 5) is 11.7. The number of halogens is 2. The van der Waals surface area contributed by atoms with Gasteiger partial charge in [0.2, 0.25) is 0 Å². The maximum Gasteiger partial charge on any atom is 0.255 e. The Hall–Kier alpha value is -0.980. The molecule has 0 spiro atoms. The molecule has 1 atom stereocenters. The average Bonchev–Trinajstić information content (AvgIpc) is 2.35. The second-order valence-corrected chi connectivity index (χ2v) is 4.41. The number of anilines is 1. The summed E-state index contributed by atoms with van der Waals surface area (Å²) in [5, 5.41) is 2.64. The van der Waals surface area contributed by atoms with Crippen molar-refractivity contribution in [3.05, 3.63) is 28.5 Å². The van der Waals surface area contributed by atoms with Crippen LogP contribution in [0.15, 0.2) is 22.7 Å². The Bertz CT molecular complexity index is 421. The lowest BCUT2D eigenvalue weighted by Gasteiger charge is -2.22. The van der Waals surface area contributed by atoms with Gasteiger partial charge in [-0.1, -0.05) is 0 Å². The predicted molar refractivity (Wildman–Crippen MR) is 63.3 cm³/mol. The molecule has 6 heteroatoms. The van der Waals surface area contributed by atoms with E-state index < -0.39 is 6.10 Å². The Morgan fingerprint density at radius 1 is 1.47 bits per heavy atom. The minimum atomic E-state index is -0.604. The maximum atomic E-state index is 13.0. The minimum absolute atomic E-state index is 0.244. The molecular formula is C11H11BrFNO3. The van der Waals surface area contributed by atoms with E-state index in [0.717, 1.165) is 0 Å². The fraction of sp³-hybridized carbons (Fsp3) is 0.364. The van der Waals surface area contributed by atoms with E-state index in [1.807, 2.05) is 0 Å². The Labute approximate surface area is 106 Å². The van der Waals surface area contributed by atoms with Crippen LogP contribution in [0.2, 0.25) is 0 Å². The molecule has 1 amide bonds. The van der Waals surface area contributed by atoms with E-state index in [0.29, 0.717) is 23.4 Å². The average molecular weight is 304 g/mol. The number of hydrogen-bond acceptors (Lipinski definition) is 3. The molecule has 1 aromatic rings. The molecule has 17 heavy (non-hydrogen) atoms. The zero-order valence-electron chi connectivity index (χ0n) is 8.91. The van der Waals surface area contributed by atoms with Crippen molar-refractivity contribution in [1.82, 2.24) is 0 Å². The van der Waals surface area contributed by atoms with Gasteiger partial charge in [0.25, 0.3) is 5.91 Å². The van der Waals surface area contributed by atoms with Crippen LogP contribution >= 0.6 is 15.9 Å². The predicted octanol–water partition coefficient (Wildman–Crippen LogP) is 1.94. The van der Waals surface area contributed by atoms with Gasteiger partial charge in [-0.15, -0.1) is 0 Å². The number of benzene rings is 1. The quantitative estimate of drug-likeness (QED) is 0.908. The van der Waals surface area contributed by atoms with Gasteiger partial charge in [-0.3, -0.25) is 4.79 Å². The lowest BCUT2D eigenvalue weighted by molar-refractivity contribution is -0.142. The van der Waals surface area contributed by atoms with Crippen molar-refractivity contribution >= 4 is 27.5 Å². The Morgan fingerprint density at radius 2 is 2.29 bits per heavy atom. The van der Waals surface area contributed by atoms with Crippen LogP contribution in [0.4, 0.5) is 10.1 Å². The standard InChI is InChI=1S/C11H11BrFNO3/c12-8-5-7(1-2-9(8)13)14-11(15)10-6-16-3-4-17-10/h1-2,5,10H,3-4,6H2,(H,14,15). The summed E-state index contributed by atoms with van der Waals surface area (Å²) in [6.45, 7) is 1.16. The first-order valence-corrected chi connectivity index (χ1v) is 5.91. The van der Waals surface area contributed by atoms with Crippen molar-refractivity contribution in [1.29, 1.82) is 0 Å². The van der Waals surface area contributed by atoms with E-state index in [4.69, 9.17) is 9.47 Å². The third-order valence-corrected chi connectivity index (χ3v) is 2.90. The minimum Gasteiger partial charge on any atom is -0.376 e. The molecule has 1 heterocycles. The molecule has 1 aliphatic rings. The van der Waals surface area contributed by atoms with E-state index >= 15 is 0 Å². The van der Waals surface area contributed by atoms with E-state index in [2.05, 4.69) is 21.2 Å². The van der Waals surface area contributed by atoms with Crippen LogP contribution in [0.25, 0.3) is 0 Å². The Balaban J connectivity index is 1.99. The van der Waals surface area contributed by atoms with Crippen molar-refractivity contribution in [3.63, 3.8) is 0 Å². The molecule has 92 valence electrons. The maximum absolute atomic E-state index is 13.0. The number of nitrogens with one attached hydrogen (secondary N) is 1. The third-order valence-electron chi connectivity index (χ3n) is 2.30. The van der Waals surface area contributed by atoms with Crippen LogP contribution < -0.4 is 5.32 Å². The third kappa shape index (κ3) is 3.24. The monoisotopic (exact) mass is 303 g/mol. The van der Waals surface area contributed by atoms with Gasteiger partial charge >= 0.3 is 0 Å². The largest absolute Gasteiger partial charge is 0.376 e. The highest BCUT2D eigenvalue weighted by Crippen LogP contribution is 2.20. The summed E-state index contributed by atoms with van der Waals surface area (Å²) < 4.78 is 23.7. The van der Waals surface area contributed by atoms with Crippen LogP contribution in [-0.4, -0.2) is 31.8 Å². The smallest absolute Gasteiger partial charge is 0.255 e. The molecule has 1 unspecified atom stereocenters. The van der Waals surface area contributed by atoms with Crippen LogP contribution in [0, 0.1) is 5.82 Å². The zero-order valence-corrected chi connectivity index (χ0v) is 10.5.